The molecule has 0 atom stereocenters. The number of nitrogens with zero attached hydrogens (tertiary/aromatic N) is 2. The summed E-state index contributed by atoms with van der Waals surface area (Å²) in [6, 6.07) is 23.9. The predicted octanol–water partition coefficient (Wildman–Crippen LogP) is 5.73. The van der Waals surface area contributed by atoms with Gasteiger partial charge in [0.1, 0.15) is 0 Å². The Hall–Kier alpha value is -2.35. The standard InChI is InChI=1S/2C10H8N.2CH3.Ir/c2*1-8-6-7-9-4-2-3-5-10(9)11-8;;;/h2*2-7H,1H2;2*1H3;/q4*-1;. The largest absolute Gasteiger partial charge is 0.358 e. The average molecular weight is 507 g/mol. The Morgan fingerprint density at radius 2 is 0.880 bits per heavy atom. The van der Waals surface area contributed by atoms with Crippen LogP contribution in [-0.4, -0.2) is 9.97 Å². The maximum Gasteiger partial charge on any atom is 0.0656 e. The van der Waals surface area contributed by atoms with E-state index in [9.17, 15) is 0 Å². The molecule has 1 radical (unpaired) electrons. The Morgan fingerprint density at radius 1 is 0.520 bits per heavy atom. The summed E-state index contributed by atoms with van der Waals surface area (Å²) in [4.78, 5) is 8.53. The second kappa shape index (κ2) is 10.5. The Kier molecular flexibility index (Phi) is 9.51. The van der Waals surface area contributed by atoms with E-state index in [2.05, 4.69) is 23.8 Å². The molecule has 0 unspecified atom stereocenters. The van der Waals surface area contributed by atoms with E-state index >= 15 is 0 Å². The van der Waals surface area contributed by atoms with Crippen LogP contribution in [0.4, 0.5) is 0 Å². The summed E-state index contributed by atoms with van der Waals surface area (Å²) in [5.74, 6) is 0. The fourth-order valence-electron chi connectivity index (χ4n) is 2.22. The number of pyridine rings is 2. The normalized spacial score (nSPS) is 8.96. The first-order valence-electron chi connectivity index (χ1n) is 7.08. The van der Waals surface area contributed by atoms with Gasteiger partial charge in [-0.2, -0.15) is 12.1 Å². The molecule has 0 saturated heterocycles. The second-order valence-electron chi connectivity index (χ2n) is 4.99. The number of benzene rings is 2. The number of aromatic nitrogens is 2. The number of fused-ring (bicyclic) bond motifs is 2. The summed E-state index contributed by atoms with van der Waals surface area (Å²) in [5, 5.41) is 2.33. The van der Waals surface area contributed by atoms with Gasteiger partial charge in [-0.25, -0.2) is 13.8 Å². The zero-order chi connectivity index (χ0) is 15.4. The Morgan fingerprint density at radius 3 is 1.28 bits per heavy atom. The minimum atomic E-state index is 0. The summed E-state index contributed by atoms with van der Waals surface area (Å²) >= 11 is 0. The molecule has 0 amide bonds. The third kappa shape index (κ3) is 5.90. The van der Waals surface area contributed by atoms with Crippen molar-refractivity contribution in [2.75, 3.05) is 0 Å². The molecule has 0 spiro atoms. The molecular weight excluding hydrogens is 484 g/mol. The number of hydrogen-bond acceptors (Lipinski definition) is 2. The van der Waals surface area contributed by atoms with E-state index in [1.807, 2.05) is 72.8 Å². The molecule has 3 heteroatoms. The van der Waals surface area contributed by atoms with E-state index in [0.29, 0.717) is 0 Å². The maximum absolute atomic E-state index is 4.26. The first kappa shape index (κ1) is 22.6. The van der Waals surface area contributed by atoms with Crippen molar-refractivity contribution in [3.05, 3.63) is 113 Å². The molecule has 0 N–H and O–H groups in total. The molecule has 4 rings (SSSR count). The summed E-state index contributed by atoms with van der Waals surface area (Å²) in [6.07, 6.45) is 0. The molecule has 4 aromatic rings. The van der Waals surface area contributed by atoms with Crippen LogP contribution in [0.5, 0.6) is 0 Å². The molecule has 0 aliphatic rings. The molecule has 0 saturated carbocycles. The Bertz CT molecular complexity index is 842. The molecule has 2 aromatic carbocycles. The van der Waals surface area contributed by atoms with E-state index in [-0.39, 0.29) is 35.0 Å². The maximum atomic E-state index is 4.26. The van der Waals surface area contributed by atoms with Crippen LogP contribution >= 0.6 is 0 Å². The molecule has 2 aromatic heterocycles. The fraction of sp³-hybridized carbons (Fsp3) is 0. The minimum Gasteiger partial charge on any atom is -0.358 e. The van der Waals surface area contributed by atoms with E-state index < -0.39 is 0 Å². The van der Waals surface area contributed by atoms with E-state index in [1.54, 1.807) is 0 Å². The van der Waals surface area contributed by atoms with Crippen LogP contribution in [0.15, 0.2) is 72.8 Å². The van der Waals surface area contributed by atoms with Crippen molar-refractivity contribution < 1.29 is 20.1 Å². The van der Waals surface area contributed by atoms with Crippen LogP contribution in [0.25, 0.3) is 21.8 Å². The van der Waals surface area contributed by atoms with Gasteiger partial charge in [-0.1, -0.05) is 36.4 Å². The van der Waals surface area contributed by atoms with Gasteiger partial charge in [-0.05, 0) is 22.9 Å². The van der Waals surface area contributed by atoms with Gasteiger partial charge in [0.15, 0.2) is 0 Å². The molecule has 133 valence electrons. The summed E-state index contributed by atoms with van der Waals surface area (Å²) < 4.78 is 0. The molecule has 0 aliphatic carbocycles. The monoisotopic (exact) mass is 507 g/mol. The third-order valence-corrected chi connectivity index (χ3v) is 3.31. The van der Waals surface area contributed by atoms with Crippen LogP contribution in [0.2, 0.25) is 0 Å². The topological polar surface area (TPSA) is 25.8 Å². The Labute approximate surface area is 164 Å². The molecule has 2 heterocycles. The van der Waals surface area contributed by atoms with Gasteiger partial charge in [0, 0.05) is 20.1 Å². The number of rotatable bonds is 0. The number of hydrogen-bond donors (Lipinski definition) is 0. The molecule has 0 aliphatic heterocycles. The summed E-state index contributed by atoms with van der Waals surface area (Å²) in [6.45, 7) is 7.52. The summed E-state index contributed by atoms with van der Waals surface area (Å²) in [5.41, 5.74) is 3.67. The third-order valence-electron chi connectivity index (χ3n) is 3.31. The smallest absolute Gasteiger partial charge is 0.0656 e. The Balaban J connectivity index is 0.000000411. The van der Waals surface area contributed by atoms with E-state index in [1.165, 1.54) is 10.8 Å². The van der Waals surface area contributed by atoms with Crippen molar-refractivity contribution >= 4 is 21.8 Å². The minimum absolute atomic E-state index is 0. The van der Waals surface area contributed by atoms with Crippen LogP contribution in [-0.2, 0) is 20.1 Å². The zero-order valence-corrected chi connectivity index (χ0v) is 17.0. The second-order valence-corrected chi connectivity index (χ2v) is 4.99. The average Bonchev–Trinajstić information content (AvgIpc) is 2.55. The van der Waals surface area contributed by atoms with Crippen molar-refractivity contribution in [3.8, 4) is 0 Å². The first-order chi connectivity index (χ1) is 10.7. The van der Waals surface area contributed by atoms with Crippen LogP contribution in [0.3, 0.4) is 0 Å². The molecule has 0 fully saturated rings. The van der Waals surface area contributed by atoms with Crippen molar-refractivity contribution in [2.45, 2.75) is 0 Å². The van der Waals surface area contributed by atoms with Crippen LogP contribution < -0.4 is 0 Å². The molecule has 0 bridgehead atoms. The van der Waals surface area contributed by atoms with E-state index in [4.69, 9.17) is 0 Å². The van der Waals surface area contributed by atoms with E-state index in [0.717, 1.165) is 22.4 Å². The fourth-order valence-corrected chi connectivity index (χ4v) is 2.22. The van der Waals surface area contributed by atoms with Crippen LogP contribution in [0, 0.1) is 28.7 Å². The molecule has 2 nitrogen and oxygen atoms in total. The van der Waals surface area contributed by atoms with Gasteiger partial charge < -0.3 is 14.9 Å². The number of para-hydroxylation sites is 2. The quantitative estimate of drug-likeness (QED) is 0.285. The van der Waals surface area contributed by atoms with Crippen molar-refractivity contribution in [1.82, 2.24) is 9.97 Å². The molecule has 25 heavy (non-hydrogen) atoms. The SMILES string of the molecule is [CH2-]c1ccc2ccccc2n1.[CH2-]c1ccc2ccccc2n1.[CH3-].[CH3-].[Ir]. The van der Waals surface area contributed by atoms with Crippen molar-refractivity contribution in [3.63, 3.8) is 0 Å². The molecular formula is C22H22IrN2-4. The van der Waals surface area contributed by atoms with Gasteiger partial charge in [-0.15, -0.1) is 23.5 Å². The summed E-state index contributed by atoms with van der Waals surface area (Å²) in [7, 11) is 0. The zero-order valence-electron chi connectivity index (χ0n) is 14.6. The van der Waals surface area contributed by atoms with Crippen molar-refractivity contribution in [1.29, 1.82) is 0 Å². The van der Waals surface area contributed by atoms with Crippen LogP contribution in [0.1, 0.15) is 11.4 Å². The van der Waals surface area contributed by atoms with Gasteiger partial charge >= 0.3 is 0 Å². The van der Waals surface area contributed by atoms with Gasteiger partial charge in [-0.3, -0.25) is 9.97 Å². The van der Waals surface area contributed by atoms with Gasteiger partial charge in [0.25, 0.3) is 0 Å². The van der Waals surface area contributed by atoms with Crippen molar-refractivity contribution in [2.24, 2.45) is 0 Å². The first-order valence-corrected chi connectivity index (χ1v) is 7.08. The van der Waals surface area contributed by atoms with Gasteiger partial charge in [0.2, 0.25) is 0 Å². The predicted molar refractivity (Wildman–Crippen MR) is 105 cm³/mol. The van der Waals surface area contributed by atoms with Gasteiger partial charge in [0.05, 0.1) is 11.0 Å².